The van der Waals surface area contributed by atoms with Gasteiger partial charge in [0.05, 0.1) is 13.2 Å². The standard InChI is InChI=1S/C10H18N2O4/c1-7(5-11-2)9(13)12-3-4-16-8(6-12)10(14)15/h7-8,11H,3-6H2,1-2H3,(H,14,15). The minimum Gasteiger partial charge on any atom is -0.479 e. The van der Waals surface area contributed by atoms with Gasteiger partial charge >= 0.3 is 5.97 Å². The lowest BCUT2D eigenvalue weighted by atomic mass is 10.1. The van der Waals surface area contributed by atoms with E-state index in [0.717, 1.165) is 0 Å². The first-order valence-electron chi connectivity index (χ1n) is 5.34. The van der Waals surface area contributed by atoms with Gasteiger partial charge in [0, 0.05) is 19.0 Å². The minimum absolute atomic E-state index is 0.0242. The average Bonchev–Trinajstić information content (AvgIpc) is 2.28. The van der Waals surface area contributed by atoms with E-state index in [0.29, 0.717) is 13.1 Å². The number of morpholine rings is 1. The summed E-state index contributed by atoms with van der Waals surface area (Å²) in [6.07, 6.45) is -0.889. The van der Waals surface area contributed by atoms with E-state index in [9.17, 15) is 9.59 Å². The van der Waals surface area contributed by atoms with Crippen LogP contribution in [0.1, 0.15) is 6.92 Å². The zero-order chi connectivity index (χ0) is 12.1. The normalized spacial score (nSPS) is 22.9. The Kier molecular flexibility index (Phi) is 4.70. The van der Waals surface area contributed by atoms with Gasteiger partial charge in [0.2, 0.25) is 5.91 Å². The van der Waals surface area contributed by atoms with Gasteiger partial charge in [0.15, 0.2) is 6.10 Å². The van der Waals surface area contributed by atoms with E-state index in [1.165, 1.54) is 0 Å². The van der Waals surface area contributed by atoms with Gasteiger partial charge in [0.25, 0.3) is 0 Å². The second-order valence-corrected chi connectivity index (χ2v) is 3.94. The summed E-state index contributed by atoms with van der Waals surface area (Å²) in [4.78, 5) is 24.2. The molecule has 1 aliphatic rings. The summed E-state index contributed by atoms with van der Waals surface area (Å²) in [5.74, 6) is -1.18. The van der Waals surface area contributed by atoms with Gasteiger partial charge in [-0.2, -0.15) is 0 Å². The lowest BCUT2D eigenvalue weighted by Crippen LogP contribution is -2.50. The Hall–Kier alpha value is -1.14. The minimum atomic E-state index is -1.02. The second-order valence-electron chi connectivity index (χ2n) is 3.94. The number of carboxylic acid groups (broad SMARTS) is 1. The smallest absolute Gasteiger partial charge is 0.334 e. The highest BCUT2D eigenvalue weighted by Crippen LogP contribution is 2.09. The quantitative estimate of drug-likeness (QED) is 0.658. The van der Waals surface area contributed by atoms with E-state index < -0.39 is 12.1 Å². The number of hydrogen-bond donors (Lipinski definition) is 2. The molecule has 1 heterocycles. The fourth-order valence-corrected chi connectivity index (χ4v) is 1.70. The van der Waals surface area contributed by atoms with Crippen molar-refractivity contribution >= 4 is 11.9 Å². The first-order chi connectivity index (χ1) is 7.56. The van der Waals surface area contributed by atoms with Crippen LogP contribution >= 0.6 is 0 Å². The van der Waals surface area contributed by atoms with Crippen molar-refractivity contribution in [2.24, 2.45) is 5.92 Å². The van der Waals surface area contributed by atoms with Crippen LogP contribution < -0.4 is 5.32 Å². The Morgan fingerprint density at radius 2 is 2.31 bits per heavy atom. The second kappa shape index (κ2) is 5.81. The van der Waals surface area contributed by atoms with E-state index in [1.54, 1.807) is 11.9 Å². The van der Waals surface area contributed by atoms with E-state index >= 15 is 0 Å². The van der Waals surface area contributed by atoms with Crippen molar-refractivity contribution in [2.45, 2.75) is 13.0 Å². The Balaban J connectivity index is 2.53. The largest absolute Gasteiger partial charge is 0.479 e. The first-order valence-corrected chi connectivity index (χ1v) is 5.34. The number of nitrogens with one attached hydrogen (secondary N) is 1. The molecule has 92 valence electrons. The molecule has 0 aromatic rings. The highest BCUT2D eigenvalue weighted by Gasteiger charge is 2.30. The Bertz CT molecular complexity index is 270. The number of hydrogen-bond acceptors (Lipinski definition) is 4. The third-order valence-corrected chi connectivity index (χ3v) is 2.59. The van der Waals surface area contributed by atoms with Gasteiger partial charge in [-0.15, -0.1) is 0 Å². The molecule has 1 rings (SSSR count). The van der Waals surface area contributed by atoms with Crippen molar-refractivity contribution < 1.29 is 19.4 Å². The predicted molar refractivity (Wildman–Crippen MR) is 57.0 cm³/mol. The molecule has 6 heteroatoms. The number of ether oxygens (including phenoxy) is 1. The van der Waals surface area contributed by atoms with Crippen LogP contribution in [0.2, 0.25) is 0 Å². The lowest BCUT2D eigenvalue weighted by molar-refractivity contribution is -0.160. The van der Waals surface area contributed by atoms with Crippen LogP contribution in [0.4, 0.5) is 0 Å². The molecule has 0 radical (unpaired) electrons. The van der Waals surface area contributed by atoms with E-state index in [4.69, 9.17) is 9.84 Å². The summed E-state index contributed by atoms with van der Waals surface area (Å²) < 4.78 is 5.05. The number of nitrogens with zero attached hydrogens (tertiary/aromatic N) is 1. The number of carbonyl (C=O) groups excluding carboxylic acids is 1. The van der Waals surface area contributed by atoms with Crippen LogP contribution in [-0.2, 0) is 14.3 Å². The van der Waals surface area contributed by atoms with Crippen LogP contribution in [0, 0.1) is 5.92 Å². The van der Waals surface area contributed by atoms with Gasteiger partial charge in [-0.25, -0.2) is 4.79 Å². The lowest BCUT2D eigenvalue weighted by Gasteiger charge is -2.32. The topological polar surface area (TPSA) is 78.9 Å². The van der Waals surface area contributed by atoms with Crippen molar-refractivity contribution in [3.05, 3.63) is 0 Å². The maximum Gasteiger partial charge on any atom is 0.334 e. The monoisotopic (exact) mass is 230 g/mol. The summed E-state index contributed by atoms with van der Waals surface area (Å²) in [5.41, 5.74) is 0. The van der Waals surface area contributed by atoms with Gasteiger partial charge in [-0.05, 0) is 7.05 Å². The van der Waals surface area contributed by atoms with E-state index in [1.807, 2.05) is 6.92 Å². The highest BCUT2D eigenvalue weighted by atomic mass is 16.5. The summed E-state index contributed by atoms with van der Waals surface area (Å²) in [7, 11) is 1.78. The zero-order valence-electron chi connectivity index (χ0n) is 9.60. The summed E-state index contributed by atoms with van der Waals surface area (Å²) >= 11 is 0. The highest BCUT2D eigenvalue weighted by molar-refractivity contribution is 5.80. The van der Waals surface area contributed by atoms with Gasteiger partial charge in [0.1, 0.15) is 0 Å². The van der Waals surface area contributed by atoms with Crippen molar-refractivity contribution in [3.8, 4) is 0 Å². The molecule has 6 nitrogen and oxygen atoms in total. The van der Waals surface area contributed by atoms with Gasteiger partial charge in [-0.1, -0.05) is 6.92 Å². The molecule has 1 saturated heterocycles. The molecule has 2 N–H and O–H groups in total. The number of rotatable bonds is 4. The van der Waals surface area contributed by atoms with Gasteiger partial charge < -0.3 is 20.1 Å². The molecule has 1 amide bonds. The van der Waals surface area contributed by atoms with Crippen LogP contribution in [0.3, 0.4) is 0 Å². The molecule has 0 bridgehead atoms. The third kappa shape index (κ3) is 3.18. The van der Waals surface area contributed by atoms with Crippen molar-refractivity contribution in [3.63, 3.8) is 0 Å². The third-order valence-electron chi connectivity index (χ3n) is 2.59. The van der Waals surface area contributed by atoms with Crippen molar-refractivity contribution in [1.82, 2.24) is 10.2 Å². The average molecular weight is 230 g/mol. The molecular formula is C10H18N2O4. The zero-order valence-corrected chi connectivity index (χ0v) is 9.60. The fraction of sp³-hybridized carbons (Fsp3) is 0.800. The maximum absolute atomic E-state index is 11.9. The molecule has 0 spiro atoms. The molecule has 2 unspecified atom stereocenters. The Morgan fingerprint density at radius 1 is 1.62 bits per heavy atom. The molecule has 16 heavy (non-hydrogen) atoms. The number of aliphatic carboxylic acids is 1. The molecule has 0 aromatic carbocycles. The van der Waals surface area contributed by atoms with Crippen molar-refractivity contribution in [1.29, 1.82) is 0 Å². The molecule has 0 saturated carbocycles. The number of amides is 1. The van der Waals surface area contributed by atoms with Crippen molar-refractivity contribution in [2.75, 3.05) is 33.3 Å². The number of carbonyl (C=O) groups is 2. The van der Waals surface area contributed by atoms with Crippen LogP contribution in [-0.4, -0.2) is 61.3 Å². The van der Waals surface area contributed by atoms with Gasteiger partial charge in [-0.3, -0.25) is 4.79 Å². The van der Waals surface area contributed by atoms with Crippen LogP contribution in [0.25, 0.3) is 0 Å². The van der Waals surface area contributed by atoms with Crippen LogP contribution in [0.15, 0.2) is 0 Å². The predicted octanol–water partition coefficient (Wildman–Crippen LogP) is -0.846. The SMILES string of the molecule is CNCC(C)C(=O)N1CCOC(C(=O)O)C1. The summed E-state index contributed by atoms with van der Waals surface area (Å²) in [5, 5.41) is 11.7. The number of carboxylic acids is 1. The molecular weight excluding hydrogens is 212 g/mol. The Labute approximate surface area is 94.6 Å². The fourth-order valence-electron chi connectivity index (χ4n) is 1.70. The summed E-state index contributed by atoms with van der Waals surface area (Å²) in [6.45, 7) is 3.31. The van der Waals surface area contributed by atoms with E-state index in [-0.39, 0.29) is 25.0 Å². The maximum atomic E-state index is 11.9. The molecule has 2 atom stereocenters. The molecule has 1 aliphatic heterocycles. The Morgan fingerprint density at radius 3 is 2.88 bits per heavy atom. The van der Waals surface area contributed by atoms with E-state index in [2.05, 4.69) is 5.32 Å². The van der Waals surface area contributed by atoms with Crippen LogP contribution in [0.5, 0.6) is 0 Å². The summed E-state index contributed by atoms with van der Waals surface area (Å²) in [6, 6.07) is 0. The molecule has 0 aliphatic carbocycles. The first kappa shape index (κ1) is 12.9. The molecule has 1 fully saturated rings. The molecule has 0 aromatic heterocycles.